The van der Waals surface area contributed by atoms with E-state index < -0.39 is 11.7 Å². The third-order valence-corrected chi connectivity index (χ3v) is 2.82. The van der Waals surface area contributed by atoms with Crippen LogP contribution < -0.4 is 16.2 Å². The highest BCUT2D eigenvalue weighted by atomic mass is 79.9. The van der Waals surface area contributed by atoms with E-state index in [0.29, 0.717) is 10.2 Å². The summed E-state index contributed by atoms with van der Waals surface area (Å²) in [4.78, 5) is 14.8. The average molecular weight is 326 g/mol. The second-order valence-corrected chi connectivity index (χ2v) is 4.52. The largest absolute Gasteiger partial charge is 0.438 e. The summed E-state index contributed by atoms with van der Waals surface area (Å²) in [7, 11) is 0. The second kappa shape index (κ2) is 5.23. The number of anilines is 1. The Hall–Kier alpha value is -2.15. The van der Waals surface area contributed by atoms with Crippen LogP contribution in [-0.2, 0) is 0 Å². The molecule has 0 radical (unpaired) electrons. The van der Waals surface area contributed by atoms with Crippen molar-refractivity contribution in [1.29, 1.82) is 0 Å². The maximum atomic E-state index is 13.5. The summed E-state index contributed by atoms with van der Waals surface area (Å²) in [5.41, 5.74) is 10.8. The zero-order valence-electron chi connectivity index (χ0n) is 9.56. The van der Waals surface area contributed by atoms with Gasteiger partial charge in [-0.25, -0.2) is 9.37 Å². The van der Waals surface area contributed by atoms with Gasteiger partial charge in [0.05, 0.1) is 21.9 Å². The number of ether oxygens (including phenoxy) is 1. The molecule has 0 saturated carbocycles. The lowest BCUT2D eigenvalue weighted by molar-refractivity contribution is 0.0996. The van der Waals surface area contributed by atoms with Crippen LogP contribution in [0.3, 0.4) is 0 Å². The molecular formula is C12H9BrFN3O2. The van der Waals surface area contributed by atoms with Gasteiger partial charge in [0.25, 0.3) is 5.91 Å². The molecule has 0 saturated heterocycles. The Balaban J connectivity index is 2.29. The number of primary amides is 1. The maximum Gasteiger partial charge on any atom is 0.251 e. The highest BCUT2D eigenvalue weighted by Gasteiger charge is 2.11. The second-order valence-electron chi connectivity index (χ2n) is 3.66. The van der Waals surface area contributed by atoms with Gasteiger partial charge in [-0.1, -0.05) is 0 Å². The normalized spacial score (nSPS) is 10.2. The zero-order valence-corrected chi connectivity index (χ0v) is 11.1. The van der Waals surface area contributed by atoms with Gasteiger partial charge in [0.15, 0.2) is 0 Å². The summed E-state index contributed by atoms with van der Waals surface area (Å²) < 4.78 is 19.4. The van der Waals surface area contributed by atoms with Crippen molar-refractivity contribution in [2.45, 2.75) is 0 Å². The molecule has 0 bridgehead atoms. The van der Waals surface area contributed by atoms with Crippen molar-refractivity contribution in [1.82, 2.24) is 4.98 Å². The van der Waals surface area contributed by atoms with Gasteiger partial charge in [0.2, 0.25) is 5.88 Å². The Morgan fingerprint density at radius 1 is 1.37 bits per heavy atom. The number of hydrogen-bond acceptors (Lipinski definition) is 4. The number of nitrogens with two attached hydrogens (primary N) is 2. The van der Waals surface area contributed by atoms with Crippen LogP contribution in [0, 0.1) is 5.82 Å². The van der Waals surface area contributed by atoms with Crippen molar-refractivity contribution in [3.63, 3.8) is 0 Å². The Morgan fingerprint density at radius 3 is 2.68 bits per heavy atom. The maximum absolute atomic E-state index is 13.5. The Morgan fingerprint density at radius 2 is 2.11 bits per heavy atom. The van der Waals surface area contributed by atoms with Gasteiger partial charge in [-0.15, -0.1) is 0 Å². The molecular weight excluding hydrogens is 317 g/mol. The summed E-state index contributed by atoms with van der Waals surface area (Å²) in [5, 5.41) is 0. The monoisotopic (exact) mass is 325 g/mol. The Bertz CT molecular complexity index is 649. The molecule has 1 heterocycles. The molecule has 2 rings (SSSR count). The van der Waals surface area contributed by atoms with Crippen LogP contribution in [0.4, 0.5) is 10.1 Å². The first-order chi connectivity index (χ1) is 8.97. The summed E-state index contributed by atoms with van der Waals surface area (Å²) in [5.74, 6) is -1.16. The van der Waals surface area contributed by atoms with Crippen LogP contribution >= 0.6 is 15.9 Å². The smallest absolute Gasteiger partial charge is 0.251 e. The molecule has 0 aliphatic heterocycles. The number of hydrogen-bond donors (Lipinski definition) is 2. The van der Waals surface area contributed by atoms with E-state index in [2.05, 4.69) is 20.9 Å². The molecule has 98 valence electrons. The summed E-state index contributed by atoms with van der Waals surface area (Å²) in [6, 6.07) is 5.34. The van der Waals surface area contributed by atoms with Crippen LogP contribution in [0.15, 0.2) is 34.9 Å². The van der Waals surface area contributed by atoms with E-state index in [1.165, 1.54) is 18.3 Å². The fraction of sp³-hybridized carbons (Fsp3) is 0. The van der Waals surface area contributed by atoms with E-state index in [0.717, 1.165) is 6.07 Å². The Kier molecular flexibility index (Phi) is 3.66. The number of nitrogens with zero attached hydrogens (tertiary/aromatic N) is 1. The lowest BCUT2D eigenvalue weighted by Gasteiger charge is -2.08. The van der Waals surface area contributed by atoms with E-state index in [9.17, 15) is 9.18 Å². The van der Waals surface area contributed by atoms with Crippen molar-refractivity contribution in [2.24, 2.45) is 5.73 Å². The molecule has 7 heteroatoms. The molecule has 19 heavy (non-hydrogen) atoms. The predicted octanol–water partition coefficient (Wildman–Crippen LogP) is 2.46. The quantitative estimate of drug-likeness (QED) is 0.906. The lowest BCUT2D eigenvalue weighted by Crippen LogP contribution is -2.12. The van der Waals surface area contributed by atoms with Crippen LogP contribution in [0.2, 0.25) is 0 Å². The number of pyridine rings is 1. The number of carbonyl (C=O) groups is 1. The van der Waals surface area contributed by atoms with Gasteiger partial charge in [0, 0.05) is 6.07 Å². The SMILES string of the molecule is NC(=O)c1ccc(Oc2ncc(N)cc2Br)cc1F. The van der Waals surface area contributed by atoms with Crippen molar-refractivity contribution in [3.8, 4) is 11.6 Å². The fourth-order valence-corrected chi connectivity index (χ4v) is 1.83. The Labute approximate surface area is 116 Å². The van der Waals surface area contributed by atoms with E-state index in [1.807, 2.05) is 0 Å². The summed E-state index contributed by atoms with van der Waals surface area (Å²) >= 11 is 3.23. The third kappa shape index (κ3) is 3.00. The van der Waals surface area contributed by atoms with Crippen molar-refractivity contribution < 1.29 is 13.9 Å². The van der Waals surface area contributed by atoms with Gasteiger partial charge in [0.1, 0.15) is 11.6 Å². The third-order valence-electron chi connectivity index (χ3n) is 2.25. The predicted molar refractivity (Wildman–Crippen MR) is 71.3 cm³/mol. The van der Waals surface area contributed by atoms with E-state index in [-0.39, 0.29) is 17.2 Å². The molecule has 1 aromatic heterocycles. The number of nitrogen functional groups attached to an aromatic ring is 1. The number of aromatic nitrogens is 1. The first-order valence-electron chi connectivity index (χ1n) is 5.15. The number of benzene rings is 1. The highest BCUT2D eigenvalue weighted by molar-refractivity contribution is 9.10. The minimum atomic E-state index is -0.837. The number of halogens is 2. The first kappa shape index (κ1) is 13.3. The van der Waals surface area contributed by atoms with Gasteiger partial charge >= 0.3 is 0 Å². The van der Waals surface area contributed by atoms with Crippen LogP contribution in [0.5, 0.6) is 11.6 Å². The molecule has 0 aliphatic rings. The molecule has 0 spiro atoms. The van der Waals surface area contributed by atoms with Crippen LogP contribution in [0.25, 0.3) is 0 Å². The summed E-state index contributed by atoms with van der Waals surface area (Å²) in [6.07, 6.45) is 1.41. The van der Waals surface area contributed by atoms with E-state index in [1.54, 1.807) is 6.07 Å². The minimum absolute atomic E-state index is 0.195. The van der Waals surface area contributed by atoms with Crippen molar-refractivity contribution in [3.05, 3.63) is 46.3 Å². The number of amides is 1. The summed E-state index contributed by atoms with van der Waals surface area (Å²) in [6.45, 7) is 0. The van der Waals surface area contributed by atoms with Gasteiger partial charge < -0.3 is 16.2 Å². The van der Waals surface area contributed by atoms with Crippen molar-refractivity contribution in [2.75, 3.05) is 5.73 Å². The average Bonchev–Trinajstić information content (AvgIpc) is 2.32. The van der Waals surface area contributed by atoms with Gasteiger partial charge in [-0.2, -0.15) is 0 Å². The molecule has 1 aromatic carbocycles. The molecule has 1 amide bonds. The van der Waals surface area contributed by atoms with Gasteiger partial charge in [-0.3, -0.25) is 4.79 Å². The number of rotatable bonds is 3. The standard InChI is InChI=1S/C12H9BrFN3O2/c13-9-3-6(15)5-17-12(9)19-7-1-2-8(11(16)18)10(14)4-7/h1-5H,15H2,(H2,16,18). The lowest BCUT2D eigenvalue weighted by atomic mass is 10.2. The molecule has 5 nitrogen and oxygen atoms in total. The van der Waals surface area contributed by atoms with Gasteiger partial charge in [-0.05, 0) is 34.1 Å². The van der Waals surface area contributed by atoms with E-state index >= 15 is 0 Å². The molecule has 0 unspecified atom stereocenters. The zero-order chi connectivity index (χ0) is 14.0. The molecule has 0 fully saturated rings. The van der Waals surface area contributed by atoms with Crippen molar-refractivity contribution >= 4 is 27.5 Å². The van der Waals surface area contributed by atoms with E-state index in [4.69, 9.17) is 16.2 Å². The number of carbonyl (C=O) groups excluding carboxylic acids is 1. The molecule has 0 atom stereocenters. The molecule has 4 N–H and O–H groups in total. The topological polar surface area (TPSA) is 91.2 Å². The molecule has 2 aromatic rings. The molecule has 0 aliphatic carbocycles. The minimum Gasteiger partial charge on any atom is -0.438 e. The fourth-order valence-electron chi connectivity index (χ4n) is 1.39. The van der Waals surface area contributed by atoms with Crippen LogP contribution in [-0.4, -0.2) is 10.9 Å². The van der Waals surface area contributed by atoms with Crippen LogP contribution in [0.1, 0.15) is 10.4 Å². The first-order valence-corrected chi connectivity index (χ1v) is 5.95. The highest BCUT2D eigenvalue weighted by Crippen LogP contribution is 2.29.